The third-order valence-corrected chi connectivity index (χ3v) is 7.52. The molecule has 164 valence electrons. The van der Waals surface area contributed by atoms with Gasteiger partial charge in [-0.05, 0) is 67.9 Å². The molecular formula is C24H40ClN3O. The van der Waals surface area contributed by atoms with E-state index in [9.17, 15) is 5.21 Å². The first-order valence-electron chi connectivity index (χ1n) is 11.5. The van der Waals surface area contributed by atoms with Gasteiger partial charge >= 0.3 is 0 Å². The first kappa shape index (κ1) is 22.9. The molecule has 2 unspecified atom stereocenters. The Balaban J connectivity index is 1.60. The van der Waals surface area contributed by atoms with Gasteiger partial charge in [-0.2, -0.15) is 0 Å². The number of hydroxylamine groups is 1. The Morgan fingerprint density at radius 2 is 2.07 bits per heavy atom. The van der Waals surface area contributed by atoms with Crippen LogP contribution in [0.1, 0.15) is 59.8 Å². The van der Waals surface area contributed by atoms with E-state index in [0.717, 1.165) is 49.4 Å². The van der Waals surface area contributed by atoms with Gasteiger partial charge in [-0.3, -0.25) is 0 Å². The second-order valence-electron chi connectivity index (χ2n) is 10.3. The van der Waals surface area contributed by atoms with Crippen molar-refractivity contribution in [1.82, 2.24) is 10.2 Å². The van der Waals surface area contributed by atoms with E-state index in [4.69, 9.17) is 11.6 Å². The van der Waals surface area contributed by atoms with E-state index in [-0.39, 0.29) is 5.38 Å². The number of hydrogen-bond donors (Lipinski definition) is 2. The zero-order valence-electron chi connectivity index (χ0n) is 18.7. The number of quaternary nitrogens is 1. The summed E-state index contributed by atoms with van der Waals surface area (Å²) in [5, 5.41) is 15.1. The third-order valence-electron chi connectivity index (χ3n) is 7.15. The summed E-state index contributed by atoms with van der Waals surface area (Å²) in [6.45, 7) is 12.9. The van der Waals surface area contributed by atoms with Gasteiger partial charge in [0.1, 0.15) is 5.70 Å². The highest BCUT2D eigenvalue weighted by Crippen LogP contribution is 2.43. The number of alkyl halides is 1. The van der Waals surface area contributed by atoms with Crippen LogP contribution in [-0.4, -0.2) is 36.0 Å². The molecule has 3 aliphatic rings. The molecule has 1 saturated heterocycles. The number of nitrogens with two attached hydrogens (primary N) is 1. The topological polar surface area (TPSA) is 54.9 Å². The highest BCUT2D eigenvalue weighted by atomic mass is 35.5. The maximum Gasteiger partial charge on any atom is 0.127 e. The fourth-order valence-electron chi connectivity index (χ4n) is 5.44. The van der Waals surface area contributed by atoms with Gasteiger partial charge in [-0.15, -0.1) is 11.6 Å². The largest absolute Gasteiger partial charge is 0.630 e. The molecule has 29 heavy (non-hydrogen) atoms. The summed E-state index contributed by atoms with van der Waals surface area (Å²) >= 11 is 6.27. The van der Waals surface area contributed by atoms with Crippen molar-refractivity contribution in [2.75, 3.05) is 19.6 Å². The maximum atomic E-state index is 11.1. The Morgan fingerprint density at radius 1 is 1.28 bits per heavy atom. The highest BCUT2D eigenvalue weighted by molar-refractivity contribution is 6.21. The normalized spacial score (nSPS) is 31.3. The molecule has 0 aromatic carbocycles. The Bertz CT molecular complexity index is 640. The van der Waals surface area contributed by atoms with Crippen LogP contribution in [0.4, 0.5) is 0 Å². The minimum Gasteiger partial charge on any atom is -0.630 e. The molecule has 0 spiro atoms. The van der Waals surface area contributed by atoms with E-state index in [1.165, 1.54) is 25.1 Å². The molecule has 4 atom stereocenters. The molecule has 0 bridgehead atoms. The van der Waals surface area contributed by atoms with E-state index in [2.05, 4.69) is 50.1 Å². The molecule has 1 fully saturated rings. The van der Waals surface area contributed by atoms with Crippen molar-refractivity contribution >= 4 is 11.6 Å². The van der Waals surface area contributed by atoms with Crippen LogP contribution in [0.15, 0.2) is 35.7 Å². The summed E-state index contributed by atoms with van der Waals surface area (Å²) in [5.74, 6) is 1.97. The molecule has 2 aliphatic carbocycles. The summed E-state index contributed by atoms with van der Waals surface area (Å²) < 4.78 is 0. The van der Waals surface area contributed by atoms with Crippen molar-refractivity contribution in [1.29, 1.82) is 0 Å². The summed E-state index contributed by atoms with van der Waals surface area (Å²) in [7, 11) is 0. The Morgan fingerprint density at radius 3 is 2.69 bits per heavy atom. The lowest BCUT2D eigenvalue weighted by Crippen LogP contribution is -2.74. The summed E-state index contributed by atoms with van der Waals surface area (Å²) in [4.78, 5) is 2.66. The van der Waals surface area contributed by atoms with E-state index in [0.29, 0.717) is 23.3 Å². The van der Waals surface area contributed by atoms with Crippen molar-refractivity contribution in [3.05, 3.63) is 40.9 Å². The minimum absolute atomic E-state index is 0.232. The van der Waals surface area contributed by atoms with Gasteiger partial charge in [0, 0.05) is 30.9 Å². The predicted octanol–water partition coefficient (Wildman–Crippen LogP) is 4.15. The van der Waals surface area contributed by atoms with Crippen LogP contribution in [-0.2, 0) is 0 Å². The van der Waals surface area contributed by atoms with Crippen LogP contribution >= 0.6 is 11.6 Å². The summed E-state index contributed by atoms with van der Waals surface area (Å²) in [5.41, 5.74) is 3.30. The molecule has 0 amide bonds. The molecule has 3 N–H and O–H groups in total. The lowest BCUT2D eigenvalue weighted by atomic mass is 9.65. The van der Waals surface area contributed by atoms with Crippen molar-refractivity contribution in [2.24, 2.45) is 23.2 Å². The van der Waals surface area contributed by atoms with Crippen molar-refractivity contribution < 1.29 is 5.48 Å². The van der Waals surface area contributed by atoms with Crippen LogP contribution in [0.2, 0.25) is 0 Å². The van der Waals surface area contributed by atoms with E-state index < -0.39 is 0 Å². The van der Waals surface area contributed by atoms with Gasteiger partial charge in [0.2, 0.25) is 0 Å². The number of rotatable bonds is 7. The number of halogens is 1. The number of nitrogens with one attached hydrogen (secondary N) is 1. The Labute approximate surface area is 182 Å². The molecule has 0 radical (unpaired) electrons. The van der Waals surface area contributed by atoms with Gasteiger partial charge in [0.15, 0.2) is 0 Å². The zero-order chi connectivity index (χ0) is 21.0. The lowest BCUT2D eigenvalue weighted by Gasteiger charge is -2.48. The summed E-state index contributed by atoms with van der Waals surface area (Å²) in [6.07, 6.45) is 14.2. The SMILES string of the molecule is CC(C)[C@H](CN1CC[C@H](C2C=CC(Cl)CC2)C(C)(C)C1)NC1=CC([NH2+][O-])=CCC1. The molecule has 0 aromatic heterocycles. The third kappa shape index (κ3) is 6.10. The highest BCUT2D eigenvalue weighted by Gasteiger charge is 2.40. The van der Waals surface area contributed by atoms with E-state index in [1.54, 1.807) is 0 Å². The van der Waals surface area contributed by atoms with Crippen LogP contribution in [0.5, 0.6) is 0 Å². The minimum atomic E-state index is 0.232. The molecule has 0 aromatic rings. The van der Waals surface area contributed by atoms with Crippen LogP contribution in [0.3, 0.4) is 0 Å². The quantitative estimate of drug-likeness (QED) is 0.369. The predicted molar refractivity (Wildman–Crippen MR) is 122 cm³/mol. The second kappa shape index (κ2) is 10.00. The standard InChI is InChI=1S/C24H40ClN3O/c1-17(2)23(26-20-6-5-7-21(14-20)27-29)15-28-13-12-22(24(3,4)16-28)18-8-10-19(25)11-9-18/h7-8,10,14,17-19,22-23,26H,5-6,9,11-13,15-16,27H2,1-4H3/t18?,19?,22-,23+/m1/s1. The fraction of sp³-hybridized carbons (Fsp3) is 0.750. The first-order valence-corrected chi connectivity index (χ1v) is 11.9. The monoisotopic (exact) mass is 421 g/mol. The van der Waals surface area contributed by atoms with Crippen LogP contribution < -0.4 is 10.8 Å². The smallest absolute Gasteiger partial charge is 0.127 e. The van der Waals surface area contributed by atoms with Gasteiger partial charge in [-0.25, -0.2) is 0 Å². The Hall–Kier alpha value is -0.810. The molecular weight excluding hydrogens is 382 g/mol. The number of allylic oxidation sites excluding steroid dienone is 5. The summed E-state index contributed by atoms with van der Waals surface area (Å²) in [6, 6.07) is 0.409. The second-order valence-corrected chi connectivity index (χ2v) is 10.8. The molecule has 1 aliphatic heterocycles. The van der Waals surface area contributed by atoms with Crippen molar-refractivity contribution in [3.8, 4) is 0 Å². The number of likely N-dealkylation sites (tertiary alicyclic amines) is 1. The maximum absolute atomic E-state index is 11.1. The lowest BCUT2D eigenvalue weighted by molar-refractivity contribution is -0.530. The van der Waals surface area contributed by atoms with Crippen molar-refractivity contribution in [2.45, 2.75) is 71.2 Å². The van der Waals surface area contributed by atoms with E-state index >= 15 is 0 Å². The molecule has 1 heterocycles. The molecule has 4 nitrogen and oxygen atoms in total. The Kier molecular flexibility index (Phi) is 7.88. The number of nitrogens with zero attached hydrogens (tertiary/aromatic N) is 1. The van der Waals surface area contributed by atoms with Gasteiger partial charge in [-0.1, -0.05) is 39.8 Å². The molecule has 3 rings (SSSR count). The van der Waals surface area contributed by atoms with Gasteiger partial charge in [0.25, 0.3) is 0 Å². The van der Waals surface area contributed by atoms with Crippen LogP contribution in [0.25, 0.3) is 0 Å². The molecule has 0 saturated carbocycles. The van der Waals surface area contributed by atoms with Gasteiger partial charge < -0.3 is 20.9 Å². The van der Waals surface area contributed by atoms with Crippen molar-refractivity contribution in [3.63, 3.8) is 0 Å². The molecule has 5 heteroatoms. The zero-order valence-corrected chi connectivity index (χ0v) is 19.4. The average molecular weight is 422 g/mol. The van der Waals surface area contributed by atoms with E-state index in [1.807, 2.05) is 12.2 Å². The first-order chi connectivity index (χ1) is 13.8. The van der Waals surface area contributed by atoms with Gasteiger partial charge in [0.05, 0.1) is 5.38 Å². The average Bonchev–Trinajstić information content (AvgIpc) is 2.68. The fourth-order valence-corrected chi connectivity index (χ4v) is 5.65. The number of piperidine rings is 1. The number of hydrogen-bond acceptors (Lipinski definition) is 3. The van der Waals surface area contributed by atoms with Crippen LogP contribution in [0, 0.1) is 28.4 Å².